The minimum atomic E-state index is -1.14. The quantitative estimate of drug-likeness (QED) is 0.0741. The molecule has 1 unspecified atom stereocenters. The van der Waals surface area contributed by atoms with Crippen molar-refractivity contribution in [3.63, 3.8) is 0 Å². The number of piperazine rings is 1. The third-order valence-electron chi connectivity index (χ3n) is 14.9. The molecule has 15 nitrogen and oxygen atoms in total. The maximum absolute atomic E-state index is 13.6. The standard InChI is InChI=1S/C57H57N9O6S/c1-34(32-64-26-28-65(29-27-64)47-12-7-10-43-51(62-63(3)53(43)47)44-21-23-50(67)60-55(44)69)30-36-14-16-38(17-15-36)72-39-18-19-40(35(2)31-39)41-20-22-49(59-52(41)56(70)71)66-25-24-37-8-6-9-42(45(37)33-66)54(68)61-57-58-46-11-4-5-13-48(46)73-57/h4-13,16,20,22,31,34,36,44H,14-15,17,21,23-30,32-33H2,1-3H3,(H,70,71)(H,58,61,68)(H,60,67,69)/t34-,36-,44?/m0/s1. The third kappa shape index (κ3) is 9.87. The first-order valence-electron chi connectivity index (χ1n) is 25.3. The minimum Gasteiger partial charge on any atom is -0.476 e. The van der Waals surface area contributed by atoms with Crippen LogP contribution in [0.3, 0.4) is 0 Å². The lowest BCUT2D eigenvalue weighted by Gasteiger charge is -2.38. The number of piperidine rings is 1. The number of anilines is 3. The average Bonchev–Trinajstić information content (AvgIpc) is 3.96. The van der Waals surface area contributed by atoms with Crippen LogP contribution in [0.2, 0.25) is 0 Å². The summed E-state index contributed by atoms with van der Waals surface area (Å²) in [5.41, 5.74) is 14.4. The zero-order valence-electron chi connectivity index (χ0n) is 41.2. The van der Waals surface area contributed by atoms with E-state index in [2.05, 4.69) is 55.9 Å². The Morgan fingerprint density at radius 2 is 1.77 bits per heavy atom. The molecule has 3 N–H and O–H groups in total. The van der Waals surface area contributed by atoms with E-state index in [4.69, 9.17) is 14.8 Å². The number of fused-ring (bicyclic) bond motifs is 3. The van der Waals surface area contributed by atoms with Crippen LogP contribution in [0.15, 0.2) is 114 Å². The molecule has 3 aromatic heterocycles. The number of aromatic carboxylic acids is 1. The molecule has 3 aliphatic heterocycles. The number of rotatable bonds is 13. The van der Waals surface area contributed by atoms with Gasteiger partial charge in [-0.3, -0.25) is 34.6 Å². The van der Waals surface area contributed by atoms with E-state index in [9.17, 15) is 24.3 Å². The van der Waals surface area contributed by atoms with Crippen molar-refractivity contribution >= 4 is 78.4 Å². The number of pyridine rings is 1. The molecular weight excluding hydrogens is 939 g/mol. The Hall–Kier alpha value is -7.61. The van der Waals surface area contributed by atoms with Crippen molar-refractivity contribution in [2.24, 2.45) is 18.9 Å². The summed E-state index contributed by atoms with van der Waals surface area (Å²) >= 11 is 1.43. The fraction of sp³-hybridized carbons (Fsp3) is 0.351. The lowest BCUT2D eigenvalue weighted by atomic mass is 9.85. The summed E-state index contributed by atoms with van der Waals surface area (Å²) in [4.78, 5) is 67.3. The summed E-state index contributed by atoms with van der Waals surface area (Å²) < 4.78 is 9.24. The Morgan fingerprint density at radius 3 is 2.55 bits per heavy atom. The number of amides is 3. The summed E-state index contributed by atoms with van der Waals surface area (Å²) in [5.74, 6) is 0.809. The van der Waals surface area contributed by atoms with Crippen molar-refractivity contribution in [3.05, 3.63) is 147 Å². The van der Waals surface area contributed by atoms with Crippen molar-refractivity contribution in [2.75, 3.05) is 54.4 Å². The van der Waals surface area contributed by atoms with Crippen molar-refractivity contribution in [3.8, 4) is 0 Å². The number of thiazole rings is 1. The first-order chi connectivity index (χ1) is 35.4. The molecular formula is C57H57N9O6S. The predicted octanol–water partition coefficient (Wildman–Crippen LogP) is 9.14. The molecule has 0 spiro atoms. The molecule has 5 aliphatic rings. The van der Waals surface area contributed by atoms with Crippen LogP contribution in [-0.4, -0.2) is 92.7 Å². The summed E-state index contributed by atoms with van der Waals surface area (Å²) in [6.45, 7) is 10.1. The van der Waals surface area contributed by atoms with Crippen LogP contribution in [0, 0.1) is 11.8 Å². The van der Waals surface area contributed by atoms with Gasteiger partial charge in [0.05, 0.1) is 33.0 Å². The highest BCUT2D eigenvalue weighted by Crippen LogP contribution is 2.37. The summed E-state index contributed by atoms with van der Waals surface area (Å²) in [6.07, 6.45) is 9.54. The summed E-state index contributed by atoms with van der Waals surface area (Å²) in [5, 5.41) is 22.2. The van der Waals surface area contributed by atoms with Gasteiger partial charge in [0.1, 0.15) is 11.6 Å². The number of carboxylic acid groups (broad SMARTS) is 1. The molecule has 6 heterocycles. The van der Waals surface area contributed by atoms with Gasteiger partial charge >= 0.3 is 5.97 Å². The maximum Gasteiger partial charge on any atom is 0.355 e. The molecule has 0 radical (unpaired) electrons. The first kappa shape index (κ1) is 47.7. The molecule has 6 aromatic rings. The maximum atomic E-state index is 13.6. The topological polar surface area (TPSA) is 175 Å². The van der Waals surface area contributed by atoms with Crippen LogP contribution in [0.5, 0.6) is 0 Å². The lowest BCUT2D eigenvalue weighted by molar-refractivity contribution is -0.134. The van der Waals surface area contributed by atoms with E-state index < -0.39 is 11.9 Å². The normalized spacial score (nSPS) is 19.7. The molecule has 0 bridgehead atoms. The van der Waals surface area contributed by atoms with E-state index >= 15 is 0 Å². The number of allylic oxidation sites excluding steroid dienone is 5. The SMILES string of the molecule is CC1=CC(OC2=CC[C@H](C[C@H](C)CN3CCN(c4cccc5c(C6CCC(=O)NC6=O)nn(C)c45)CC3)CC2)=C=C=C1c1ccc(N2CCc3cccc(C(=O)Nc4nc5ccccc5s4)c3C2)nc1C(=O)O. The highest BCUT2D eigenvalue weighted by molar-refractivity contribution is 7.22. The van der Waals surface area contributed by atoms with E-state index in [0.29, 0.717) is 77.6 Å². The Labute approximate surface area is 427 Å². The van der Waals surface area contributed by atoms with Crippen molar-refractivity contribution in [1.82, 2.24) is 30.0 Å². The monoisotopic (exact) mass is 995 g/mol. The number of carbonyl (C=O) groups excluding carboxylic acids is 3. The number of nitrogens with one attached hydrogen (secondary N) is 2. The van der Waals surface area contributed by atoms with Gasteiger partial charge in [0, 0.05) is 87.8 Å². The Balaban J connectivity index is 0.691. The fourth-order valence-corrected chi connectivity index (χ4v) is 12.2. The van der Waals surface area contributed by atoms with E-state index in [1.165, 1.54) is 11.3 Å². The van der Waals surface area contributed by atoms with E-state index in [-0.39, 0.29) is 23.4 Å². The van der Waals surface area contributed by atoms with Crippen molar-refractivity contribution in [2.45, 2.75) is 71.3 Å². The largest absolute Gasteiger partial charge is 0.476 e. The highest BCUT2D eigenvalue weighted by atomic mass is 32.1. The van der Waals surface area contributed by atoms with Gasteiger partial charge in [-0.2, -0.15) is 5.10 Å². The van der Waals surface area contributed by atoms with Crippen molar-refractivity contribution < 1.29 is 29.0 Å². The molecule has 0 saturated carbocycles. The highest BCUT2D eigenvalue weighted by Gasteiger charge is 2.33. The molecule has 2 fully saturated rings. The first-order valence-corrected chi connectivity index (χ1v) is 26.1. The Kier molecular flexibility index (Phi) is 13.1. The molecule has 2 saturated heterocycles. The number of nitrogens with zero attached hydrogens (tertiary/aromatic N) is 7. The van der Waals surface area contributed by atoms with Crippen LogP contribution in [-0.2, 0) is 34.3 Å². The fourth-order valence-electron chi connectivity index (χ4n) is 11.3. The second kappa shape index (κ2) is 20.1. The second-order valence-electron chi connectivity index (χ2n) is 20.0. The van der Waals surface area contributed by atoms with E-state index in [1.807, 2.05) is 90.3 Å². The smallest absolute Gasteiger partial charge is 0.355 e. The summed E-state index contributed by atoms with van der Waals surface area (Å²) in [6, 6.07) is 23.4. The van der Waals surface area contributed by atoms with Gasteiger partial charge in [-0.1, -0.05) is 60.4 Å². The third-order valence-corrected chi connectivity index (χ3v) is 15.9. The lowest BCUT2D eigenvalue weighted by Crippen LogP contribution is -2.47. The van der Waals surface area contributed by atoms with E-state index in [0.717, 1.165) is 113 Å². The molecule has 11 rings (SSSR count). The number of aromatic nitrogens is 4. The van der Waals surface area contributed by atoms with Gasteiger partial charge < -0.3 is 19.6 Å². The van der Waals surface area contributed by atoms with Gasteiger partial charge in [0.2, 0.25) is 11.8 Å². The van der Waals surface area contributed by atoms with Crippen LogP contribution in [0.1, 0.15) is 102 Å². The van der Waals surface area contributed by atoms with Crippen LogP contribution < -0.4 is 20.4 Å². The van der Waals surface area contributed by atoms with Gasteiger partial charge in [-0.05, 0) is 122 Å². The average molecular weight is 996 g/mol. The molecule has 16 heteroatoms. The number of para-hydroxylation sites is 2. The number of imide groups is 1. The Morgan fingerprint density at radius 1 is 0.932 bits per heavy atom. The second-order valence-corrected chi connectivity index (χ2v) is 21.0. The molecule has 3 aromatic carbocycles. The minimum absolute atomic E-state index is 0.0776. The zero-order chi connectivity index (χ0) is 50.3. The van der Waals surface area contributed by atoms with Gasteiger partial charge in [-0.25, -0.2) is 14.8 Å². The molecule has 3 atom stereocenters. The van der Waals surface area contributed by atoms with Crippen LogP contribution >= 0.6 is 11.3 Å². The van der Waals surface area contributed by atoms with Crippen LogP contribution in [0.4, 0.5) is 16.6 Å². The number of benzene rings is 3. The van der Waals surface area contributed by atoms with Crippen LogP contribution in [0.25, 0.3) is 26.7 Å². The predicted molar refractivity (Wildman–Crippen MR) is 282 cm³/mol. The van der Waals surface area contributed by atoms with Gasteiger partial charge in [0.25, 0.3) is 5.91 Å². The van der Waals surface area contributed by atoms with Gasteiger partial charge in [0.15, 0.2) is 16.6 Å². The van der Waals surface area contributed by atoms with E-state index in [1.54, 1.807) is 6.07 Å². The zero-order valence-corrected chi connectivity index (χ0v) is 42.1. The number of ether oxygens (including phenoxy) is 1. The van der Waals surface area contributed by atoms with Crippen molar-refractivity contribution in [1.29, 1.82) is 0 Å². The molecule has 2 aliphatic carbocycles. The number of carbonyl (C=O) groups is 4. The Bertz CT molecular complexity index is 3370. The number of hydrogen-bond acceptors (Lipinski definition) is 12. The molecule has 372 valence electrons. The molecule has 3 amide bonds. The number of hydrogen-bond donors (Lipinski definition) is 3. The summed E-state index contributed by atoms with van der Waals surface area (Å²) in [7, 11) is 1.94. The molecule has 73 heavy (non-hydrogen) atoms. The number of aryl methyl sites for hydroxylation is 1. The number of carboxylic acids is 1. The van der Waals surface area contributed by atoms with Gasteiger partial charge in [-0.15, -0.1) is 0 Å².